The van der Waals surface area contributed by atoms with Crippen molar-refractivity contribution >= 4 is 5.97 Å². The molecule has 6 nitrogen and oxygen atoms in total. The summed E-state index contributed by atoms with van der Waals surface area (Å²) in [5, 5.41) is 20.8. The smallest absolute Gasteiger partial charge is 0.303 e. The van der Waals surface area contributed by atoms with E-state index in [0.717, 1.165) is 0 Å². The predicted octanol–water partition coefficient (Wildman–Crippen LogP) is 0.576. The molecule has 14 heavy (non-hydrogen) atoms. The van der Waals surface area contributed by atoms with Crippen LogP contribution in [0.4, 0.5) is 0 Å². The van der Waals surface area contributed by atoms with Crippen LogP contribution in [0.1, 0.15) is 31.6 Å². The average molecular weight is 194 g/mol. The molecule has 74 valence electrons. The molecule has 0 aromatic carbocycles. The Morgan fingerprint density at radius 3 is 3.07 bits per heavy atom. The minimum absolute atomic E-state index is 0.0549. The van der Waals surface area contributed by atoms with Gasteiger partial charge in [-0.05, 0) is 13.3 Å². The Labute approximate surface area is 80.8 Å². The van der Waals surface area contributed by atoms with E-state index in [4.69, 9.17) is 10.4 Å². The maximum absolute atomic E-state index is 10.3. The quantitative estimate of drug-likeness (QED) is 0.756. The van der Waals surface area contributed by atoms with Crippen molar-refractivity contribution in [2.75, 3.05) is 0 Å². The highest BCUT2D eigenvalue weighted by Crippen LogP contribution is 2.10. The van der Waals surface area contributed by atoms with Crippen LogP contribution in [0.3, 0.4) is 0 Å². The number of aliphatic carboxylic acids is 1. The summed E-state index contributed by atoms with van der Waals surface area (Å²) in [5.74, 6) is -0.732. The molecule has 1 rings (SSSR count). The molecule has 1 N–H and O–H groups in total. The molecule has 0 bridgehead atoms. The minimum atomic E-state index is -0.836. The van der Waals surface area contributed by atoms with Gasteiger partial charge in [-0.2, -0.15) is 5.26 Å². The lowest BCUT2D eigenvalue weighted by atomic mass is 10.2. The van der Waals surface area contributed by atoms with Crippen LogP contribution >= 0.6 is 0 Å². The van der Waals surface area contributed by atoms with Crippen LogP contribution < -0.4 is 0 Å². The average Bonchev–Trinajstić information content (AvgIpc) is 2.62. The topological polar surface area (TPSA) is 91.8 Å². The zero-order valence-electron chi connectivity index (χ0n) is 7.71. The molecule has 1 atom stereocenters. The van der Waals surface area contributed by atoms with Gasteiger partial charge in [0.2, 0.25) is 0 Å². The Kier molecular flexibility index (Phi) is 3.18. The first-order valence-electron chi connectivity index (χ1n) is 4.16. The van der Waals surface area contributed by atoms with Crippen molar-refractivity contribution in [3.63, 3.8) is 0 Å². The number of carbonyl (C=O) groups is 1. The van der Waals surface area contributed by atoms with Crippen LogP contribution in [-0.2, 0) is 4.79 Å². The highest BCUT2D eigenvalue weighted by Gasteiger charge is 2.09. The van der Waals surface area contributed by atoms with Crippen LogP contribution in [0.5, 0.6) is 0 Å². The Morgan fingerprint density at radius 2 is 2.57 bits per heavy atom. The monoisotopic (exact) mass is 194 g/mol. The Balaban J connectivity index is 2.56. The van der Waals surface area contributed by atoms with Crippen LogP contribution in [0.25, 0.3) is 0 Å². The van der Waals surface area contributed by atoms with Crippen molar-refractivity contribution in [3.05, 3.63) is 12.2 Å². The van der Waals surface area contributed by atoms with Gasteiger partial charge in [0.25, 0.3) is 5.82 Å². The molecule has 0 aliphatic carbocycles. The highest BCUT2D eigenvalue weighted by molar-refractivity contribution is 5.66. The molecule has 0 fully saturated rings. The first kappa shape index (κ1) is 10.2. The normalized spacial score (nSPS) is 12.0. The lowest BCUT2D eigenvalue weighted by Crippen LogP contribution is -2.08. The summed E-state index contributed by atoms with van der Waals surface area (Å²) in [6, 6.07) is 1.75. The number of aromatic nitrogens is 3. The van der Waals surface area contributed by atoms with E-state index in [9.17, 15) is 4.79 Å². The van der Waals surface area contributed by atoms with Gasteiger partial charge in [-0.3, -0.25) is 4.79 Å². The highest BCUT2D eigenvalue weighted by atomic mass is 16.4. The Hall–Kier alpha value is -1.90. The van der Waals surface area contributed by atoms with Crippen molar-refractivity contribution in [2.45, 2.75) is 25.8 Å². The number of nitriles is 1. The summed E-state index contributed by atoms with van der Waals surface area (Å²) in [6.45, 7) is 1.83. The molecule has 1 aromatic heterocycles. The van der Waals surface area contributed by atoms with Crippen LogP contribution in [0.2, 0.25) is 0 Å². The standard InChI is InChI=1S/C8H10N4O2/c1-6(2-3-8(13)14)12-5-10-7(4-9)11-12/h5-6H,2-3H2,1H3,(H,13,14). The first-order chi connectivity index (χ1) is 6.63. The number of hydrogen-bond acceptors (Lipinski definition) is 4. The molecule has 0 saturated carbocycles. The van der Waals surface area contributed by atoms with Crippen molar-refractivity contribution in [1.82, 2.24) is 14.8 Å². The fraction of sp³-hybridized carbons (Fsp3) is 0.500. The predicted molar refractivity (Wildman–Crippen MR) is 46.3 cm³/mol. The maximum atomic E-state index is 10.3. The van der Waals surface area contributed by atoms with Crippen molar-refractivity contribution in [3.8, 4) is 6.07 Å². The van der Waals surface area contributed by atoms with Crippen molar-refractivity contribution in [1.29, 1.82) is 5.26 Å². The molecule has 0 aliphatic rings. The fourth-order valence-electron chi connectivity index (χ4n) is 1.00. The molecular formula is C8H10N4O2. The lowest BCUT2D eigenvalue weighted by Gasteiger charge is -2.08. The zero-order valence-corrected chi connectivity index (χ0v) is 7.71. The molecule has 1 heterocycles. The summed E-state index contributed by atoms with van der Waals surface area (Å²) in [7, 11) is 0. The van der Waals surface area contributed by atoms with E-state index in [1.54, 1.807) is 0 Å². The molecule has 0 saturated heterocycles. The van der Waals surface area contributed by atoms with Gasteiger partial charge in [-0.1, -0.05) is 0 Å². The second kappa shape index (κ2) is 4.37. The second-order valence-corrected chi connectivity index (χ2v) is 2.94. The van der Waals surface area contributed by atoms with Gasteiger partial charge in [0.1, 0.15) is 12.4 Å². The van der Waals surface area contributed by atoms with Crippen LogP contribution in [0, 0.1) is 11.3 Å². The van der Waals surface area contributed by atoms with E-state index < -0.39 is 5.97 Å². The maximum Gasteiger partial charge on any atom is 0.303 e. The van der Waals surface area contributed by atoms with Gasteiger partial charge in [-0.25, -0.2) is 9.67 Å². The van der Waals surface area contributed by atoms with Crippen molar-refractivity contribution < 1.29 is 9.90 Å². The van der Waals surface area contributed by atoms with Gasteiger partial charge in [0.15, 0.2) is 0 Å². The molecule has 1 aromatic rings. The molecule has 0 spiro atoms. The van der Waals surface area contributed by atoms with Crippen LogP contribution in [-0.4, -0.2) is 25.8 Å². The molecule has 0 aliphatic heterocycles. The second-order valence-electron chi connectivity index (χ2n) is 2.94. The largest absolute Gasteiger partial charge is 0.481 e. The van der Waals surface area contributed by atoms with Gasteiger partial charge in [-0.15, -0.1) is 5.10 Å². The molecular weight excluding hydrogens is 184 g/mol. The third-order valence-corrected chi connectivity index (χ3v) is 1.84. The molecule has 1 unspecified atom stereocenters. The zero-order chi connectivity index (χ0) is 10.6. The van der Waals surface area contributed by atoms with Crippen LogP contribution in [0.15, 0.2) is 6.33 Å². The minimum Gasteiger partial charge on any atom is -0.481 e. The van der Waals surface area contributed by atoms with Gasteiger partial charge < -0.3 is 5.11 Å². The fourth-order valence-corrected chi connectivity index (χ4v) is 1.00. The van der Waals surface area contributed by atoms with E-state index in [2.05, 4.69) is 10.1 Å². The first-order valence-corrected chi connectivity index (χ1v) is 4.16. The van der Waals surface area contributed by atoms with Gasteiger partial charge in [0, 0.05) is 6.42 Å². The number of nitrogens with zero attached hydrogens (tertiary/aromatic N) is 4. The molecule has 6 heteroatoms. The number of carboxylic acid groups (broad SMARTS) is 1. The summed E-state index contributed by atoms with van der Waals surface area (Å²) < 4.78 is 1.50. The van der Waals surface area contributed by atoms with Gasteiger partial charge in [0.05, 0.1) is 6.04 Å². The Morgan fingerprint density at radius 1 is 1.86 bits per heavy atom. The number of carboxylic acids is 1. The summed E-state index contributed by atoms with van der Waals surface area (Å²) >= 11 is 0. The van der Waals surface area contributed by atoms with Gasteiger partial charge >= 0.3 is 5.97 Å². The SMILES string of the molecule is CC(CCC(=O)O)n1cnc(C#N)n1. The van der Waals surface area contributed by atoms with E-state index in [-0.39, 0.29) is 18.3 Å². The summed E-state index contributed by atoms with van der Waals surface area (Å²) in [4.78, 5) is 14.0. The third-order valence-electron chi connectivity index (χ3n) is 1.84. The summed E-state index contributed by atoms with van der Waals surface area (Å²) in [6.07, 6.45) is 2.00. The lowest BCUT2D eigenvalue weighted by molar-refractivity contribution is -0.137. The summed E-state index contributed by atoms with van der Waals surface area (Å²) in [5.41, 5.74) is 0. The Bertz CT molecular complexity index is 366. The number of hydrogen-bond donors (Lipinski definition) is 1. The third kappa shape index (κ3) is 2.55. The molecule has 0 radical (unpaired) electrons. The van der Waals surface area contributed by atoms with E-state index >= 15 is 0 Å². The van der Waals surface area contributed by atoms with E-state index in [1.165, 1.54) is 11.0 Å². The van der Waals surface area contributed by atoms with Crippen molar-refractivity contribution in [2.24, 2.45) is 0 Å². The van der Waals surface area contributed by atoms with E-state index in [0.29, 0.717) is 6.42 Å². The number of rotatable bonds is 4. The molecule has 0 amide bonds. The van der Waals surface area contributed by atoms with E-state index in [1.807, 2.05) is 13.0 Å².